The van der Waals surface area contributed by atoms with E-state index in [1.807, 2.05) is 32.9 Å². The summed E-state index contributed by atoms with van der Waals surface area (Å²) in [5, 5.41) is 2.90. The Bertz CT molecular complexity index is 1020. The quantitative estimate of drug-likeness (QED) is 0.759. The van der Waals surface area contributed by atoms with E-state index < -0.39 is 10.0 Å². The zero-order valence-corrected chi connectivity index (χ0v) is 18.6. The van der Waals surface area contributed by atoms with Crippen molar-refractivity contribution < 1.29 is 22.7 Å². The zero-order chi connectivity index (χ0) is 21.9. The molecule has 0 radical (unpaired) electrons. The minimum Gasteiger partial charge on any atom is -0.483 e. The predicted octanol–water partition coefficient (Wildman–Crippen LogP) is 2.96. The third-order valence-electron chi connectivity index (χ3n) is 5.05. The molecule has 1 saturated heterocycles. The molecule has 7 nitrogen and oxygen atoms in total. The number of carbonyl (C=O) groups excluding carboxylic acids is 1. The Balaban J connectivity index is 1.66. The first kappa shape index (κ1) is 22.3. The Morgan fingerprint density at radius 1 is 1.03 bits per heavy atom. The fourth-order valence-corrected chi connectivity index (χ4v) is 5.07. The van der Waals surface area contributed by atoms with Crippen LogP contribution < -0.4 is 10.1 Å². The number of nitrogens with one attached hydrogen (secondary N) is 1. The molecule has 0 aliphatic carbocycles. The molecule has 1 heterocycles. The van der Waals surface area contributed by atoms with Crippen LogP contribution in [0, 0.1) is 27.7 Å². The molecule has 1 fully saturated rings. The summed E-state index contributed by atoms with van der Waals surface area (Å²) in [6, 6.07) is 8.71. The lowest BCUT2D eigenvalue weighted by molar-refractivity contribution is -0.118. The molecular formula is C22H28N2O5S. The van der Waals surface area contributed by atoms with E-state index in [-0.39, 0.29) is 17.4 Å². The third kappa shape index (κ3) is 5.00. The number of aryl methyl sites for hydroxylation is 4. The summed E-state index contributed by atoms with van der Waals surface area (Å²) >= 11 is 0. The summed E-state index contributed by atoms with van der Waals surface area (Å²) in [5.41, 5.74) is 4.57. The molecule has 1 aliphatic rings. The standard InChI is InChI=1S/C22H28N2O5S/c1-15-11-17(3)22(18(4)12-15)23-21(25)14-29-20-6-5-19(13-16(20)2)30(26,27)24-7-9-28-10-8-24/h5-6,11-13H,7-10,14H2,1-4H3,(H,23,25). The normalized spacial score (nSPS) is 15.1. The van der Waals surface area contributed by atoms with E-state index in [2.05, 4.69) is 5.32 Å². The number of sulfonamides is 1. The lowest BCUT2D eigenvalue weighted by Gasteiger charge is -2.26. The molecule has 1 N–H and O–H groups in total. The van der Waals surface area contributed by atoms with Crippen LogP contribution in [-0.2, 0) is 19.6 Å². The van der Waals surface area contributed by atoms with Crippen molar-refractivity contribution >= 4 is 21.6 Å². The van der Waals surface area contributed by atoms with Gasteiger partial charge in [-0.1, -0.05) is 17.7 Å². The van der Waals surface area contributed by atoms with Gasteiger partial charge in [-0.25, -0.2) is 8.42 Å². The molecule has 0 saturated carbocycles. The molecule has 3 rings (SSSR count). The summed E-state index contributed by atoms with van der Waals surface area (Å²) in [7, 11) is -3.57. The third-order valence-corrected chi connectivity index (χ3v) is 6.95. The van der Waals surface area contributed by atoms with Gasteiger partial charge in [-0.2, -0.15) is 4.31 Å². The number of ether oxygens (including phenoxy) is 2. The minimum atomic E-state index is -3.57. The smallest absolute Gasteiger partial charge is 0.262 e. The van der Waals surface area contributed by atoms with Crippen LogP contribution in [0.2, 0.25) is 0 Å². The molecule has 2 aromatic carbocycles. The molecule has 1 aliphatic heterocycles. The van der Waals surface area contributed by atoms with Gasteiger partial charge in [-0.15, -0.1) is 0 Å². The SMILES string of the molecule is Cc1cc(C)c(NC(=O)COc2ccc(S(=O)(=O)N3CCOCC3)cc2C)c(C)c1. The molecule has 2 aromatic rings. The average Bonchev–Trinajstić information content (AvgIpc) is 2.70. The van der Waals surface area contributed by atoms with Gasteiger partial charge >= 0.3 is 0 Å². The van der Waals surface area contributed by atoms with Crippen molar-refractivity contribution in [1.29, 1.82) is 0 Å². The number of carbonyl (C=O) groups is 1. The highest BCUT2D eigenvalue weighted by atomic mass is 32.2. The monoisotopic (exact) mass is 432 g/mol. The van der Waals surface area contributed by atoms with Gasteiger partial charge < -0.3 is 14.8 Å². The van der Waals surface area contributed by atoms with Crippen molar-refractivity contribution in [2.24, 2.45) is 0 Å². The molecule has 1 amide bonds. The molecule has 0 bridgehead atoms. The van der Waals surface area contributed by atoms with E-state index in [1.165, 1.54) is 10.4 Å². The highest BCUT2D eigenvalue weighted by molar-refractivity contribution is 7.89. The number of nitrogens with zero attached hydrogens (tertiary/aromatic N) is 1. The fraction of sp³-hybridized carbons (Fsp3) is 0.409. The first-order valence-electron chi connectivity index (χ1n) is 9.87. The first-order chi connectivity index (χ1) is 14.2. The number of hydrogen-bond donors (Lipinski definition) is 1. The highest BCUT2D eigenvalue weighted by Crippen LogP contribution is 2.25. The van der Waals surface area contributed by atoms with Gasteiger partial charge in [0.15, 0.2) is 6.61 Å². The van der Waals surface area contributed by atoms with Crippen molar-refractivity contribution in [2.45, 2.75) is 32.6 Å². The summed E-state index contributed by atoms with van der Waals surface area (Å²) in [5.74, 6) is 0.206. The molecule has 0 unspecified atom stereocenters. The van der Waals surface area contributed by atoms with Crippen molar-refractivity contribution in [1.82, 2.24) is 4.31 Å². The van der Waals surface area contributed by atoms with Crippen LogP contribution in [0.25, 0.3) is 0 Å². The highest BCUT2D eigenvalue weighted by Gasteiger charge is 2.26. The van der Waals surface area contributed by atoms with Crippen LogP contribution in [0.15, 0.2) is 35.2 Å². The van der Waals surface area contributed by atoms with Crippen molar-refractivity contribution in [3.63, 3.8) is 0 Å². The molecule has 0 spiro atoms. The lowest BCUT2D eigenvalue weighted by Crippen LogP contribution is -2.40. The number of morpholine rings is 1. The number of amides is 1. The molecule has 162 valence electrons. The van der Waals surface area contributed by atoms with E-state index in [0.717, 1.165) is 22.4 Å². The van der Waals surface area contributed by atoms with Crippen LogP contribution in [0.5, 0.6) is 5.75 Å². The molecule has 0 atom stereocenters. The first-order valence-corrected chi connectivity index (χ1v) is 11.3. The van der Waals surface area contributed by atoms with Gasteiger partial charge in [0.1, 0.15) is 5.75 Å². The van der Waals surface area contributed by atoms with E-state index in [9.17, 15) is 13.2 Å². The van der Waals surface area contributed by atoms with Crippen LogP contribution >= 0.6 is 0 Å². The average molecular weight is 433 g/mol. The van der Waals surface area contributed by atoms with Crippen LogP contribution in [-0.4, -0.2) is 51.5 Å². The van der Waals surface area contributed by atoms with Crippen molar-refractivity contribution in [3.8, 4) is 5.75 Å². The maximum absolute atomic E-state index is 12.8. The lowest BCUT2D eigenvalue weighted by atomic mass is 10.1. The number of rotatable bonds is 6. The topological polar surface area (TPSA) is 84.9 Å². The van der Waals surface area contributed by atoms with E-state index in [0.29, 0.717) is 37.6 Å². The Kier molecular flexibility index (Phi) is 6.80. The van der Waals surface area contributed by atoms with E-state index in [4.69, 9.17) is 9.47 Å². The fourth-order valence-electron chi connectivity index (χ4n) is 3.58. The minimum absolute atomic E-state index is 0.164. The predicted molar refractivity (Wildman–Crippen MR) is 116 cm³/mol. The maximum Gasteiger partial charge on any atom is 0.262 e. The molecule has 30 heavy (non-hydrogen) atoms. The molecule has 8 heteroatoms. The molecular weight excluding hydrogens is 404 g/mol. The summed E-state index contributed by atoms with van der Waals surface area (Å²) < 4.78 is 37.8. The van der Waals surface area contributed by atoms with Crippen molar-refractivity contribution in [2.75, 3.05) is 38.2 Å². The number of benzene rings is 2. The second kappa shape index (κ2) is 9.16. The van der Waals surface area contributed by atoms with Crippen LogP contribution in [0.3, 0.4) is 0 Å². The number of hydrogen-bond acceptors (Lipinski definition) is 5. The Labute approximate surface area is 178 Å². The summed E-state index contributed by atoms with van der Waals surface area (Å²) in [6.07, 6.45) is 0. The van der Waals surface area contributed by atoms with Gasteiger partial charge in [0.05, 0.1) is 18.1 Å². The van der Waals surface area contributed by atoms with Gasteiger partial charge in [-0.3, -0.25) is 4.79 Å². The van der Waals surface area contributed by atoms with Gasteiger partial charge in [0, 0.05) is 18.8 Å². The second-order valence-electron chi connectivity index (χ2n) is 7.55. The van der Waals surface area contributed by atoms with E-state index in [1.54, 1.807) is 19.1 Å². The van der Waals surface area contributed by atoms with Gasteiger partial charge in [-0.05, 0) is 62.6 Å². The van der Waals surface area contributed by atoms with Crippen LogP contribution in [0.4, 0.5) is 5.69 Å². The number of anilines is 1. The summed E-state index contributed by atoms with van der Waals surface area (Å²) in [6.45, 7) is 9.00. The van der Waals surface area contributed by atoms with Crippen molar-refractivity contribution in [3.05, 3.63) is 52.6 Å². The largest absolute Gasteiger partial charge is 0.483 e. The maximum atomic E-state index is 12.8. The van der Waals surface area contributed by atoms with Gasteiger partial charge in [0.25, 0.3) is 5.91 Å². The second-order valence-corrected chi connectivity index (χ2v) is 9.49. The molecule has 0 aromatic heterocycles. The summed E-state index contributed by atoms with van der Waals surface area (Å²) in [4.78, 5) is 12.6. The van der Waals surface area contributed by atoms with Gasteiger partial charge in [0.2, 0.25) is 10.0 Å². The Hall–Kier alpha value is -2.42. The Morgan fingerprint density at radius 2 is 1.67 bits per heavy atom. The van der Waals surface area contributed by atoms with Crippen LogP contribution in [0.1, 0.15) is 22.3 Å². The van der Waals surface area contributed by atoms with E-state index >= 15 is 0 Å². The zero-order valence-electron chi connectivity index (χ0n) is 17.8. The Morgan fingerprint density at radius 3 is 2.27 bits per heavy atom.